The predicted molar refractivity (Wildman–Crippen MR) is 89.3 cm³/mol. The SMILES string of the molecule is Cc1ccc(SCCNc2ccccc2Br)cc1C. The van der Waals surface area contributed by atoms with Crippen molar-refractivity contribution in [2.45, 2.75) is 18.7 Å². The van der Waals surface area contributed by atoms with E-state index in [1.807, 2.05) is 23.9 Å². The van der Waals surface area contributed by atoms with Crippen LogP contribution >= 0.6 is 27.7 Å². The molecule has 0 aromatic heterocycles. The second-order valence-electron chi connectivity index (χ2n) is 4.50. The van der Waals surface area contributed by atoms with Crippen LogP contribution in [-0.4, -0.2) is 12.3 Å². The van der Waals surface area contributed by atoms with Gasteiger partial charge in [-0.2, -0.15) is 0 Å². The van der Waals surface area contributed by atoms with Crippen molar-refractivity contribution in [1.82, 2.24) is 0 Å². The molecule has 0 amide bonds. The number of hydrogen-bond acceptors (Lipinski definition) is 2. The van der Waals surface area contributed by atoms with Crippen LogP contribution < -0.4 is 5.32 Å². The molecule has 0 saturated carbocycles. The van der Waals surface area contributed by atoms with Crippen molar-refractivity contribution in [3.05, 3.63) is 58.1 Å². The largest absolute Gasteiger partial charge is 0.383 e. The van der Waals surface area contributed by atoms with Crippen LogP contribution in [0.3, 0.4) is 0 Å². The van der Waals surface area contributed by atoms with E-state index in [9.17, 15) is 0 Å². The van der Waals surface area contributed by atoms with Crippen molar-refractivity contribution in [2.24, 2.45) is 0 Å². The summed E-state index contributed by atoms with van der Waals surface area (Å²) < 4.78 is 1.12. The van der Waals surface area contributed by atoms with E-state index in [0.717, 1.165) is 22.5 Å². The smallest absolute Gasteiger partial charge is 0.0484 e. The molecule has 1 N–H and O–H groups in total. The minimum absolute atomic E-state index is 0.959. The van der Waals surface area contributed by atoms with E-state index in [4.69, 9.17) is 0 Å². The summed E-state index contributed by atoms with van der Waals surface area (Å²) in [6.07, 6.45) is 0. The van der Waals surface area contributed by atoms with Gasteiger partial charge in [-0.15, -0.1) is 11.8 Å². The molecule has 0 unspecified atom stereocenters. The molecule has 0 radical (unpaired) electrons. The quantitative estimate of drug-likeness (QED) is 0.590. The number of benzene rings is 2. The molecule has 0 fully saturated rings. The minimum Gasteiger partial charge on any atom is -0.383 e. The Balaban J connectivity index is 1.81. The molecule has 19 heavy (non-hydrogen) atoms. The van der Waals surface area contributed by atoms with E-state index < -0.39 is 0 Å². The Kier molecular flexibility index (Phi) is 5.34. The van der Waals surface area contributed by atoms with Gasteiger partial charge >= 0.3 is 0 Å². The summed E-state index contributed by atoms with van der Waals surface area (Å²) in [5.41, 5.74) is 3.88. The topological polar surface area (TPSA) is 12.0 Å². The Hall–Kier alpha value is -0.930. The number of hydrogen-bond donors (Lipinski definition) is 1. The van der Waals surface area contributed by atoms with E-state index in [0.29, 0.717) is 0 Å². The first kappa shape index (κ1) is 14.5. The van der Waals surface area contributed by atoms with Crippen molar-refractivity contribution < 1.29 is 0 Å². The van der Waals surface area contributed by atoms with Gasteiger partial charge in [-0.05, 0) is 65.2 Å². The minimum atomic E-state index is 0.959. The summed E-state index contributed by atoms with van der Waals surface area (Å²) in [6.45, 7) is 5.27. The fourth-order valence-electron chi connectivity index (χ4n) is 1.76. The number of aryl methyl sites for hydroxylation is 2. The lowest BCUT2D eigenvalue weighted by molar-refractivity contribution is 1.21. The molecule has 2 aromatic carbocycles. The molecule has 3 heteroatoms. The normalized spacial score (nSPS) is 10.5. The third kappa shape index (κ3) is 4.29. The van der Waals surface area contributed by atoms with Crippen molar-refractivity contribution in [3.63, 3.8) is 0 Å². The van der Waals surface area contributed by atoms with Crippen molar-refractivity contribution in [2.75, 3.05) is 17.6 Å². The lowest BCUT2D eigenvalue weighted by Gasteiger charge is -2.09. The van der Waals surface area contributed by atoms with E-state index in [2.05, 4.69) is 65.4 Å². The summed E-state index contributed by atoms with van der Waals surface area (Å²) >= 11 is 5.43. The highest BCUT2D eigenvalue weighted by atomic mass is 79.9. The van der Waals surface area contributed by atoms with Crippen LogP contribution in [0, 0.1) is 13.8 Å². The third-order valence-corrected chi connectivity index (χ3v) is 4.73. The van der Waals surface area contributed by atoms with E-state index in [-0.39, 0.29) is 0 Å². The molecule has 0 aliphatic rings. The first-order valence-corrected chi connectivity index (χ1v) is 8.13. The molecule has 2 rings (SSSR count). The molecule has 0 bridgehead atoms. The fraction of sp³-hybridized carbons (Fsp3) is 0.250. The maximum absolute atomic E-state index is 3.54. The van der Waals surface area contributed by atoms with Crippen LogP contribution in [0.25, 0.3) is 0 Å². The van der Waals surface area contributed by atoms with Crippen LogP contribution in [0.1, 0.15) is 11.1 Å². The second-order valence-corrected chi connectivity index (χ2v) is 6.52. The average Bonchev–Trinajstić information content (AvgIpc) is 2.40. The van der Waals surface area contributed by atoms with Gasteiger partial charge in [0.1, 0.15) is 0 Å². The molecule has 100 valence electrons. The number of nitrogens with one attached hydrogen (secondary N) is 1. The summed E-state index contributed by atoms with van der Waals surface area (Å²) in [5.74, 6) is 1.06. The van der Waals surface area contributed by atoms with Crippen molar-refractivity contribution >= 4 is 33.4 Å². The number of halogens is 1. The average molecular weight is 336 g/mol. The van der Waals surface area contributed by atoms with Crippen LogP contribution in [0.5, 0.6) is 0 Å². The lowest BCUT2D eigenvalue weighted by Crippen LogP contribution is -2.04. The first-order chi connectivity index (χ1) is 9.16. The van der Waals surface area contributed by atoms with Crippen molar-refractivity contribution in [1.29, 1.82) is 0 Å². The summed E-state index contributed by atoms with van der Waals surface area (Å²) in [5, 5.41) is 3.44. The zero-order chi connectivity index (χ0) is 13.7. The fourth-order valence-corrected chi connectivity index (χ4v) is 3.05. The maximum atomic E-state index is 3.54. The maximum Gasteiger partial charge on any atom is 0.0484 e. The molecular formula is C16H18BrNS. The van der Waals surface area contributed by atoms with Gasteiger partial charge < -0.3 is 5.32 Å². The van der Waals surface area contributed by atoms with E-state index >= 15 is 0 Å². The van der Waals surface area contributed by atoms with Gasteiger partial charge in [0.15, 0.2) is 0 Å². The molecule has 1 nitrogen and oxygen atoms in total. The molecule has 0 atom stereocenters. The standard InChI is InChI=1S/C16H18BrNS/c1-12-7-8-14(11-13(12)2)19-10-9-18-16-6-4-3-5-15(16)17/h3-8,11,18H,9-10H2,1-2H3. The number of rotatable bonds is 5. The second kappa shape index (κ2) is 7.01. The Morgan fingerprint density at radius 1 is 1.05 bits per heavy atom. The first-order valence-electron chi connectivity index (χ1n) is 6.35. The van der Waals surface area contributed by atoms with Crippen LogP contribution in [-0.2, 0) is 0 Å². The zero-order valence-corrected chi connectivity index (χ0v) is 13.6. The van der Waals surface area contributed by atoms with Gasteiger partial charge in [0.25, 0.3) is 0 Å². The van der Waals surface area contributed by atoms with Crippen LogP contribution in [0.15, 0.2) is 51.8 Å². The number of thioether (sulfide) groups is 1. The Bertz CT molecular complexity index is 554. The van der Waals surface area contributed by atoms with Gasteiger partial charge in [-0.1, -0.05) is 18.2 Å². The Labute approximate surface area is 127 Å². The summed E-state index contributed by atoms with van der Waals surface area (Å²) in [6, 6.07) is 14.9. The number of para-hydroxylation sites is 1. The third-order valence-electron chi connectivity index (χ3n) is 3.04. The van der Waals surface area contributed by atoms with Gasteiger partial charge in [0, 0.05) is 27.4 Å². The van der Waals surface area contributed by atoms with Gasteiger partial charge in [0.2, 0.25) is 0 Å². The molecule has 0 saturated heterocycles. The molecule has 0 aliphatic heterocycles. The van der Waals surface area contributed by atoms with Gasteiger partial charge in [0.05, 0.1) is 0 Å². The molecule has 2 aromatic rings. The highest BCUT2D eigenvalue weighted by Gasteiger charge is 1.99. The summed E-state index contributed by atoms with van der Waals surface area (Å²) in [7, 11) is 0. The Morgan fingerprint density at radius 2 is 1.84 bits per heavy atom. The molecule has 0 heterocycles. The highest BCUT2D eigenvalue weighted by molar-refractivity contribution is 9.10. The highest BCUT2D eigenvalue weighted by Crippen LogP contribution is 2.23. The lowest BCUT2D eigenvalue weighted by atomic mass is 10.1. The predicted octanol–water partition coefficient (Wildman–Crippen LogP) is 5.27. The molecular weight excluding hydrogens is 318 g/mol. The Morgan fingerprint density at radius 3 is 2.58 bits per heavy atom. The zero-order valence-electron chi connectivity index (χ0n) is 11.2. The summed E-state index contributed by atoms with van der Waals surface area (Å²) in [4.78, 5) is 1.34. The van der Waals surface area contributed by atoms with Crippen LogP contribution in [0.4, 0.5) is 5.69 Å². The molecule has 0 spiro atoms. The van der Waals surface area contributed by atoms with Crippen molar-refractivity contribution in [3.8, 4) is 0 Å². The van der Waals surface area contributed by atoms with E-state index in [1.54, 1.807) is 0 Å². The van der Waals surface area contributed by atoms with Crippen LogP contribution in [0.2, 0.25) is 0 Å². The number of anilines is 1. The molecule has 0 aliphatic carbocycles. The van der Waals surface area contributed by atoms with Gasteiger partial charge in [-0.3, -0.25) is 0 Å². The van der Waals surface area contributed by atoms with Gasteiger partial charge in [-0.25, -0.2) is 0 Å². The monoisotopic (exact) mass is 335 g/mol. The van der Waals surface area contributed by atoms with E-state index in [1.165, 1.54) is 16.0 Å².